The van der Waals surface area contributed by atoms with E-state index in [1.807, 2.05) is 6.92 Å². The standard InChI is InChI=1S/C13H11BrF2N4O/c1-2-17-11-6-18-10(5-19-11)13(21)20-12-8(14)3-7(15)4-9(12)16/h3-6H,2H2,1H3,(H,17,19)(H,20,21). The van der Waals surface area contributed by atoms with Crippen LogP contribution in [0.15, 0.2) is 29.0 Å². The number of aromatic nitrogens is 2. The van der Waals surface area contributed by atoms with Gasteiger partial charge >= 0.3 is 0 Å². The highest BCUT2D eigenvalue weighted by Crippen LogP contribution is 2.27. The van der Waals surface area contributed by atoms with Gasteiger partial charge in [0, 0.05) is 17.1 Å². The average Bonchev–Trinajstić information content (AvgIpc) is 2.43. The van der Waals surface area contributed by atoms with Crippen molar-refractivity contribution in [3.63, 3.8) is 0 Å². The summed E-state index contributed by atoms with van der Waals surface area (Å²) in [6.07, 6.45) is 2.66. The first-order valence-corrected chi connectivity index (χ1v) is 6.82. The van der Waals surface area contributed by atoms with Gasteiger partial charge in [0.15, 0.2) is 5.82 Å². The largest absolute Gasteiger partial charge is 0.369 e. The molecule has 0 saturated heterocycles. The van der Waals surface area contributed by atoms with Crippen LogP contribution in [-0.4, -0.2) is 22.4 Å². The zero-order valence-corrected chi connectivity index (χ0v) is 12.5. The number of benzene rings is 1. The van der Waals surface area contributed by atoms with Crippen LogP contribution in [0.25, 0.3) is 0 Å². The van der Waals surface area contributed by atoms with Crippen LogP contribution in [0.4, 0.5) is 20.3 Å². The van der Waals surface area contributed by atoms with Crippen molar-refractivity contribution in [3.05, 3.63) is 46.3 Å². The number of rotatable bonds is 4. The van der Waals surface area contributed by atoms with Crippen LogP contribution in [0.5, 0.6) is 0 Å². The number of nitrogens with zero attached hydrogens (tertiary/aromatic N) is 2. The van der Waals surface area contributed by atoms with Crippen molar-refractivity contribution in [1.82, 2.24) is 9.97 Å². The maximum atomic E-state index is 13.6. The second kappa shape index (κ2) is 6.57. The van der Waals surface area contributed by atoms with Crippen LogP contribution in [0.1, 0.15) is 17.4 Å². The molecule has 0 saturated carbocycles. The van der Waals surface area contributed by atoms with E-state index in [4.69, 9.17) is 0 Å². The lowest BCUT2D eigenvalue weighted by Crippen LogP contribution is -2.16. The first kappa shape index (κ1) is 15.3. The summed E-state index contributed by atoms with van der Waals surface area (Å²) in [5.41, 5.74) is -0.133. The van der Waals surface area contributed by atoms with Gasteiger partial charge in [0.2, 0.25) is 0 Å². The van der Waals surface area contributed by atoms with Gasteiger partial charge in [-0.25, -0.2) is 18.7 Å². The normalized spacial score (nSPS) is 10.3. The van der Waals surface area contributed by atoms with Crippen molar-refractivity contribution >= 4 is 33.3 Å². The second-order valence-corrected chi connectivity index (χ2v) is 4.87. The Balaban J connectivity index is 2.18. The van der Waals surface area contributed by atoms with Gasteiger partial charge in [-0.05, 0) is 28.9 Å². The molecule has 21 heavy (non-hydrogen) atoms. The smallest absolute Gasteiger partial charge is 0.275 e. The third-order valence-electron chi connectivity index (χ3n) is 2.49. The summed E-state index contributed by atoms with van der Waals surface area (Å²) in [4.78, 5) is 19.9. The molecule has 2 aromatic rings. The summed E-state index contributed by atoms with van der Waals surface area (Å²) >= 11 is 2.99. The van der Waals surface area contributed by atoms with Gasteiger partial charge in [0.25, 0.3) is 5.91 Å². The van der Waals surface area contributed by atoms with E-state index in [1.165, 1.54) is 12.4 Å². The molecule has 110 valence electrons. The highest BCUT2D eigenvalue weighted by Gasteiger charge is 2.15. The molecule has 2 rings (SSSR count). The summed E-state index contributed by atoms with van der Waals surface area (Å²) in [5.74, 6) is -1.74. The molecule has 0 fully saturated rings. The predicted molar refractivity (Wildman–Crippen MR) is 78.2 cm³/mol. The maximum absolute atomic E-state index is 13.6. The van der Waals surface area contributed by atoms with Gasteiger partial charge in [-0.1, -0.05) is 0 Å². The molecule has 1 amide bonds. The van der Waals surface area contributed by atoms with E-state index >= 15 is 0 Å². The zero-order chi connectivity index (χ0) is 15.4. The van der Waals surface area contributed by atoms with Crippen LogP contribution in [-0.2, 0) is 0 Å². The minimum atomic E-state index is -0.882. The minimum absolute atomic E-state index is 0.0206. The molecule has 0 bridgehead atoms. The molecule has 2 N–H and O–H groups in total. The molecule has 0 aliphatic carbocycles. The summed E-state index contributed by atoms with van der Waals surface area (Å²) in [7, 11) is 0. The van der Waals surface area contributed by atoms with Crippen molar-refractivity contribution in [2.75, 3.05) is 17.2 Å². The molecule has 0 radical (unpaired) electrons. The van der Waals surface area contributed by atoms with Crippen LogP contribution in [0.3, 0.4) is 0 Å². The zero-order valence-electron chi connectivity index (χ0n) is 11.0. The van der Waals surface area contributed by atoms with Gasteiger partial charge in [-0.2, -0.15) is 0 Å². The van der Waals surface area contributed by atoms with Crippen LogP contribution < -0.4 is 10.6 Å². The fourth-order valence-electron chi connectivity index (χ4n) is 1.56. The van der Waals surface area contributed by atoms with E-state index in [2.05, 4.69) is 36.5 Å². The molecule has 1 aromatic heterocycles. The number of carbonyl (C=O) groups is 1. The molecule has 1 heterocycles. The van der Waals surface area contributed by atoms with Gasteiger partial charge in [0.05, 0.1) is 18.1 Å². The number of halogens is 3. The monoisotopic (exact) mass is 356 g/mol. The van der Waals surface area contributed by atoms with Gasteiger partial charge in [-0.3, -0.25) is 4.79 Å². The first-order chi connectivity index (χ1) is 10.0. The lowest BCUT2D eigenvalue weighted by Gasteiger charge is -2.08. The summed E-state index contributed by atoms with van der Waals surface area (Å²) in [6, 6.07) is 1.74. The molecular formula is C13H11BrF2N4O. The number of hydrogen-bond acceptors (Lipinski definition) is 4. The van der Waals surface area contributed by atoms with E-state index in [0.717, 1.165) is 6.07 Å². The Morgan fingerprint density at radius 3 is 2.62 bits per heavy atom. The van der Waals surface area contributed by atoms with Crippen LogP contribution in [0, 0.1) is 11.6 Å². The third kappa shape index (κ3) is 3.72. The molecule has 0 spiro atoms. The van der Waals surface area contributed by atoms with Gasteiger partial charge in [0.1, 0.15) is 17.3 Å². The Hall–Kier alpha value is -2.09. The summed E-state index contributed by atoms with van der Waals surface area (Å²) < 4.78 is 26.7. The van der Waals surface area contributed by atoms with Crippen molar-refractivity contribution in [2.24, 2.45) is 0 Å². The number of nitrogens with one attached hydrogen (secondary N) is 2. The minimum Gasteiger partial charge on any atom is -0.369 e. The third-order valence-corrected chi connectivity index (χ3v) is 3.11. The Morgan fingerprint density at radius 1 is 1.29 bits per heavy atom. The van der Waals surface area contributed by atoms with Crippen LogP contribution >= 0.6 is 15.9 Å². The van der Waals surface area contributed by atoms with Crippen molar-refractivity contribution in [2.45, 2.75) is 6.92 Å². The summed E-state index contributed by atoms with van der Waals surface area (Å²) in [6.45, 7) is 2.57. The van der Waals surface area contributed by atoms with Crippen LogP contribution in [0.2, 0.25) is 0 Å². The molecule has 0 atom stereocenters. The second-order valence-electron chi connectivity index (χ2n) is 4.02. The molecule has 0 aliphatic heterocycles. The molecule has 5 nitrogen and oxygen atoms in total. The lowest BCUT2D eigenvalue weighted by molar-refractivity contribution is 0.102. The molecular weight excluding hydrogens is 346 g/mol. The van der Waals surface area contributed by atoms with E-state index < -0.39 is 17.5 Å². The maximum Gasteiger partial charge on any atom is 0.275 e. The topological polar surface area (TPSA) is 66.9 Å². The molecule has 0 unspecified atom stereocenters. The SMILES string of the molecule is CCNc1cnc(C(=O)Nc2c(F)cc(F)cc2Br)cn1. The Kier molecular flexibility index (Phi) is 4.79. The summed E-state index contributed by atoms with van der Waals surface area (Å²) in [5, 5.41) is 5.26. The van der Waals surface area contributed by atoms with E-state index in [1.54, 1.807) is 0 Å². The first-order valence-electron chi connectivity index (χ1n) is 6.03. The highest BCUT2D eigenvalue weighted by atomic mass is 79.9. The molecule has 1 aromatic carbocycles. The van der Waals surface area contributed by atoms with E-state index in [0.29, 0.717) is 18.4 Å². The predicted octanol–water partition coefficient (Wildman–Crippen LogP) is 3.20. The Bertz CT molecular complexity index is 641. The van der Waals surface area contributed by atoms with Crippen molar-refractivity contribution < 1.29 is 13.6 Å². The quantitative estimate of drug-likeness (QED) is 0.882. The fraction of sp³-hybridized carbons (Fsp3) is 0.154. The van der Waals surface area contributed by atoms with E-state index in [-0.39, 0.29) is 15.9 Å². The number of amides is 1. The molecule has 0 aliphatic rings. The van der Waals surface area contributed by atoms with Crippen molar-refractivity contribution in [1.29, 1.82) is 0 Å². The van der Waals surface area contributed by atoms with E-state index in [9.17, 15) is 13.6 Å². The highest BCUT2D eigenvalue weighted by molar-refractivity contribution is 9.10. The Morgan fingerprint density at radius 2 is 2.05 bits per heavy atom. The number of carbonyl (C=O) groups excluding carboxylic acids is 1. The molecule has 8 heteroatoms. The number of anilines is 2. The van der Waals surface area contributed by atoms with Crippen molar-refractivity contribution in [3.8, 4) is 0 Å². The fourth-order valence-corrected chi connectivity index (χ4v) is 2.06. The average molecular weight is 357 g/mol. The van der Waals surface area contributed by atoms with Gasteiger partial charge < -0.3 is 10.6 Å². The lowest BCUT2D eigenvalue weighted by atomic mass is 10.3. The number of hydrogen-bond donors (Lipinski definition) is 2. The Labute approximate surface area is 127 Å². The van der Waals surface area contributed by atoms with Gasteiger partial charge in [-0.15, -0.1) is 0 Å².